The number of nitriles is 1. The van der Waals surface area contributed by atoms with Gasteiger partial charge >= 0.3 is 13.7 Å². The second-order valence-corrected chi connectivity index (χ2v) is 16.7. The van der Waals surface area contributed by atoms with Gasteiger partial charge in [-0.05, 0) is 49.2 Å². The molecule has 6 rings (SSSR count). The van der Waals surface area contributed by atoms with Crippen molar-refractivity contribution >= 4 is 30.1 Å². The monoisotopic (exact) mass is 814 g/mol. The fraction of sp³-hybridized carbons (Fsp3) is 0.488. The van der Waals surface area contributed by atoms with Crippen LogP contribution < -0.4 is 9.61 Å². The van der Waals surface area contributed by atoms with Gasteiger partial charge in [-0.15, -0.1) is 0 Å². The van der Waals surface area contributed by atoms with E-state index in [4.69, 9.17) is 18.5 Å². The number of aliphatic hydroxyl groups excluding tert-OH is 2. The normalized spacial score (nSPS) is 20.9. The Bertz CT molecular complexity index is 2210. The van der Waals surface area contributed by atoms with Gasteiger partial charge < -0.3 is 28.8 Å². The first-order chi connectivity index (χ1) is 28.1. The lowest BCUT2D eigenvalue weighted by Gasteiger charge is -2.26. The number of nitrogens with zero attached hydrogens (tertiary/aromatic N) is 5. The Kier molecular flexibility index (Phi) is 14.7. The lowest BCUT2D eigenvalue weighted by atomic mass is 9.92. The second kappa shape index (κ2) is 19.9. The molecule has 14 nitrogen and oxygen atoms in total. The summed E-state index contributed by atoms with van der Waals surface area (Å²) in [6.07, 6.45) is 9.95. The summed E-state index contributed by atoms with van der Waals surface area (Å²) in [7, 11) is -2.59. The topological polar surface area (TPSA) is 182 Å². The SMILES string of the molecule is CCCCCCCCCCCCOC(=O)C(Cc1cn(C)c2ccccc12)NP(=O)(OC[C@H]1O[C@@](C#N)(c2ccc3c(C)ncnn23)[C@H](O)[C@@H]1O)Oc1ccccc1. The number of rotatable bonds is 22. The van der Waals surface area contributed by atoms with E-state index in [9.17, 15) is 24.8 Å². The van der Waals surface area contributed by atoms with Gasteiger partial charge in [-0.3, -0.25) is 9.32 Å². The molecule has 1 saturated heterocycles. The van der Waals surface area contributed by atoms with E-state index in [1.54, 1.807) is 49.4 Å². The number of aryl methyl sites for hydroxylation is 2. The highest BCUT2D eigenvalue weighted by molar-refractivity contribution is 7.52. The molecule has 4 heterocycles. The van der Waals surface area contributed by atoms with Crippen molar-refractivity contribution < 1.29 is 38.1 Å². The molecule has 2 unspecified atom stereocenters. The molecular formula is C43H55N6O8P. The Hall–Kier alpha value is -4.61. The minimum atomic E-state index is -4.50. The van der Waals surface area contributed by atoms with Crippen molar-refractivity contribution in [1.82, 2.24) is 24.3 Å². The Balaban J connectivity index is 1.19. The number of carbonyl (C=O) groups is 1. The number of aromatic nitrogens is 4. The number of para-hydroxylation sites is 2. The second-order valence-electron chi connectivity index (χ2n) is 15.0. The summed E-state index contributed by atoms with van der Waals surface area (Å²) in [4.78, 5) is 18.1. The van der Waals surface area contributed by atoms with Crippen LogP contribution in [0.3, 0.4) is 0 Å². The van der Waals surface area contributed by atoms with E-state index in [0.717, 1.165) is 35.7 Å². The summed E-state index contributed by atoms with van der Waals surface area (Å²) >= 11 is 0. The molecule has 3 aromatic heterocycles. The molecule has 58 heavy (non-hydrogen) atoms. The van der Waals surface area contributed by atoms with Crippen LogP contribution in [0.5, 0.6) is 5.75 Å². The smallest absolute Gasteiger partial charge is 0.459 e. The largest absolute Gasteiger partial charge is 0.465 e. The third-order valence-corrected chi connectivity index (χ3v) is 12.3. The van der Waals surface area contributed by atoms with Crippen LogP contribution in [0.2, 0.25) is 0 Å². The van der Waals surface area contributed by atoms with Crippen LogP contribution in [-0.4, -0.2) is 72.9 Å². The zero-order chi connectivity index (χ0) is 41.1. The zero-order valence-corrected chi connectivity index (χ0v) is 34.4. The van der Waals surface area contributed by atoms with Crippen LogP contribution in [0.15, 0.2) is 79.3 Å². The number of benzene rings is 2. The summed E-state index contributed by atoms with van der Waals surface area (Å²) in [6.45, 7) is 3.60. The summed E-state index contributed by atoms with van der Waals surface area (Å²) in [5.41, 5.74) is 1.10. The molecule has 2 aromatic carbocycles. The number of fused-ring (bicyclic) bond motifs is 2. The maximum absolute atomic E-state index is 14.9. The molecule has 0 spiro atoms. The van der Waals surface area contributed by atoms with Gasteiger partial charge in [0.15, 0.2) is 0 Å². The van der Waals surface area contributed by atoms with E-state index in [0.29, 0.717) is 17.6 Å². The first kappa shape index (κ1) is 43.0. The summed E-state index contributed by atoms with van der Waals surface area (Å²) in [6, 6.07) is 20.2. The Morgan fingerprint density at radius 3 is 2.40 bits per heavy atom. The van der Waals surface area contributed by atoms with Gasteiger partial charge in [0.2, 0.25) is 5.60 Å². The number of hydrogen-bond acceptors (Lipinski definition) is 11. The molecule has 0 amide bonds. The van der Waals surface area contributed by atoms with Crippen molar-refractivity contribution in [3.05, 3.63) is 96.2 Å². The Morgan fingerprint density at radius 2 is 1.67 bits per heavy atom. The summed E-state index contributed by atoms with van der Waals surface area (Å²) in [5, 5.41) is 41.1. The fourth-order valence-electron chi connectivity index (χ4n) is 7.58. The van der Waals surface area contributed by atoms with Crippen LogP contribution in [0.1, 0.15) is 88.1 Å². The van der Waals surface area contributed by atoms with Gasteiger partial charge in [-0.1, -0.05) is 101 Å². The Morgan fingerprint density at radius 1 is 0.983 bits per heavy atom. The lowest BCUT2D eigenvalue weighted by Crippen LogP contribution is -2.41. The fourth-order valence-corrected chi connectivity index (χ4v) is 9.08. The highest BCUT2D eigenvalue weighted by atomic mass is 31.2. The van der Waals surface area contributed by atoms with E-state index < -0.39 is 50.3 Å². The standard InChI is InChI=1S/C43H55N6O8P/c1-4-5-6-7-8-9-10-11-12-18-25-54-42(52)35(26-32-27-48(3)37-22-17-16-21-34(32)37)47-58(53,57-33-19-14-13-15-20-33)55-28-38-40(50)41(51)43(29-44,56-38)39-24-23-36-31(2)45-30-46-49(36)39/h13-17,19-24,27,30,35,38,40-41,50-51H,4-12,18,25-26,28H2,1-3H3,(H,47,53)/t35?,38-,40-,41-,43+,58?/m1/s1. The molecule has 6 atom stereocenters. The van der Waals surface area contributed by atoms with Crippen molar-refractivity contribution in [3.8, 4) is 11.8 Å². The average molecular weight is 815 g/mol. The molecule has 0 bridgehead atoms. The van der Waals surface area contributed by atoms with Crippen molar-refractivity contribution in [2.24, 2.45) is 7.05 Å². The number of carbonyl (C=O) groups excluding carboxylic acids is 1. The van der Waals surface area contributed by atoms with E-state index in [1.165, 1.54) is 49.4 Å². The molecular weight excluding hydrogens is 759 g/mol. The first-order valence-electron chi connectivity index (χ1n) is 20.3. The van der Waals surface area contributed by atoms with Gasteiger partial charge in [0, 0.05) is 30.6 Å². The predicted molar refractivity (Wildman–Crippen MR) is 219 cm³/mol. The van der Waals surface area contributed by atoms with Crippen LogP contribution in [0.25, 0.3) is 16.4 Å². The van der Waals surface area contributed by atoms with E-state index in [2.05, 4.69) is 22.1 Å². The number of unbranched alkanes of at least 4 members (excludes halogenated alkanes) is 9. The van der Waals surface area contributed by atoms with Crippen LogP contribution in [0, 0.1) is 18.3 Å². The third-order valence-electron chi connectivity index (χ3n) is 10.8. The van der Waals surface area contributed by atoms with Crippen molar-refractivity contribution in [2.75, 3.05) is 13.2 Å². The highest BCUT2D eigenvalue weighted by Gasteiger charge is 2.58. The molecule has 1 fully saturated rings. The van der Waals surface area contributed by atoms with Gasteiger partial charge in [-0.25, -0.2) is 14.1 Å². The van der Waals surface area contributed by atoms with Crippen molar-refractivity contribution in [3.63, 3.8) is 0 Å². The maximum Gasteiger partial charge on any atom is 0.459 e. The number of aliphatic hydroxyl groups is 2. The van der Waals surface area contributed by atoms with Gasteiger partial charge in [0.25, 0.3) is 0 Å². The summed E-state index contributed by atoms with van der Waals surface area (Å²) in [5.74, 6) is -0.437. The van der Waals surface area contributed by atoms with Gasteiger partial charge in [0.05, 0.1) is 30.1 Å². The van der Waals surface area contributed by atoms with Crippen molar-refractivity contribution in [1.29, 1.82) is 5.26 Å². The van der Waals surface area contributed by atoms with E-state index >= 15 is 0 Å². The Labute approximate surface area is 339 Å². The van der Waals surface area contributed by atoms with Crippen LogP contribution in [-0.2, 0) is 42.4 Å². The summed E-state index contributed by atoms with van der Waals surface area (Å²) < 4.78 is 42.2. The third kappa shape index (κ3) is 9.97. The number of nitrogens with one attached hydrogen (secondary N) is 1. The van der Waals surface area contributed by atoms with E-state index in [-0.39, 0.29) is 24.5 Å². The number of hydrogen-bond donors (Lipinski definition) is 3. The predicted octanol–water partition coefficient (Wildman–Crippen LogP) is 7.24. The first-order valence-corrected chi connectivity index (χ1v) is 21.8. The molecule has 310 valence electrons. The van der Waals surface area contributed by atoms with Gasteiger partial charge in [0.1, 0.15) is 42.5 Å². The molecule has 15 heteroatoms. The highest BCUT2D eigenvalue weighted by Crippen LogP contribution is 2.47. The molecule has 0 saturated carbocycles. The number of esters is 1. The average Bonchev–Trinajstić information content (AvgIpc) is 3.88. The van der Waals surface area contributed by atoms with Crippen LogP contribution >= 0.6 is 7.75 Å². The maximum atomic E-state index is 14.9. The van der Waals surface area contributed by atoms with Crippen molar-refractivity contribution in [2.45, 2.75) is 114 Å². The molecule has 0 aliphatic carbocycles. The molecule has 1 aliphatic rings. The number of ether oxygens (including phenoxy) is 2. The van der Waals surface area contributed by atoms with Crippen LogP contribution in [0.4, 0.5) is 0 Å². The minimum Gasteiger partial charge on any atom is -0.465 e. The molecule has 5 aromatic rings. The molecule has 1 aliphatic heterocycles. The minimum absolute atomic E-state index is 0.0884. The zero-order valence-electron chi connectivity index (χ0n) is 33.5. The molecule has 0 radical (unpaired) electrons. The van der Waals surface area contributed by atoms with Gasteiger partial charge in [-0.2, -0.15) is 15.4 Å². The lowest BCUT2D eigenvalue weighted by molar-refractivity contribution is -0.146. The molecule has 3 N–H and O–H groups in total. The van der Waals surface area contributed by atoms with E-state index in [1.807, 2.05) is 48.1 Å². The quantitative estimate of drug-likeness (QED) is 0.0363.